The maximum absolute atomic E-state index is 12.8. The smallest absolute Gasteiger partial charge is 0.224 e. The number of benzene rings is 1. The number of piperidine rings is 1. The molecule has 0 saturated carbocycles. The second-order valence-corrected chi connectivity index (χ2v) is 6.92. The normalized spacial score (nSPS) is 17.3. The highest BCUT2D eigenvalue weighted by atomic mass is 16.2. The van der Waals surface area contributed by atoms with Gasteiger partial charge in [0.2, 0.25) is 11.8 Å². The monoisotopic (exact) mass is 353 g/mol. The van der Waals surface area contributed by atoms with E-state index in [9.17, 15) is 9.59 Å². The number of hydrogen-bond acceptors (Lipinski definition) is 3. The highest BCUT2D eigenvalue weighted by Gasteiger charge is 2.26. The van der Waals surface area contributed by atoms with Gasteiger partial charge in [0.25, 0.3) is 0 Å². The van der Waals surface area contributed by atoms with E-state index in [0.717, 1.165) is 42.4 Å². The number of carbonyl (C=O) groups is 2. The average molecular weight is 353 g/mol. The summed E-state index contributed by atoms with van der Waals surface area (Å²) in [5.74, 6) is 0.0811. The molecule has 0 spiro atoms. The van der Waals surface area contributed by atoms with E-state index in [0.29, 0.717) is 19.0 Å². The third-order valence-corrected chi connectivity index (χ3v) is 5.25. The molecule has 1 atom stereocenters. The van der Waals surface area contributed by atoms with Gasteiger partial charge in [-0.1, -0.05) is 25.1 Å². The Balaban J connectivity index is 1.77. The van der Waals surface area contributed by atoms with Crippen molar-refractivity contribution in [3.8, 4) is 0 Å². The van der Waals surface area contributed by atoms with Crippen molar-refractivity contribution in [3.63, 3.8) is 0 Å². The van der Waals surface area contributed by atoms with E-state index in [1.54, 1.807) is 18.0 Å². The molecule has 1 aromatic heterocycles. The van der Waals surface area contributed by atoms with E-state index in [2.05, 4.69) is 11.9 Å². The average Bonchev–Trinajstić information content (AvgIpc) is 2.67. The van der Waals surface area contributed by atoms with Gasteiger partial charge in [-0.25, -0.2) is 0 Å². The molecular weight excluding hydrogens is 326 g/mol. The zero-order valence-electron chi connectivity index (χ0n) is 15.6. The van der Waals surface area contributed by atoms with E-state index >= 15 is 0 Å². The molecule has 1 fully saturated rings. The number of rotatable bonds is 5. The van der Waals surface area contributed by atoms with Crippen molar-refractivity contribution in [2.24, 2.45) is 0 Å². The highest BCUT2D eigenvalue weighted by Crippen LogP contribution is 2.26. The number of anilines is 1. The van der Waals surface area contributed by atoms with E-state index < -0.39 is 0 Å². The van der Waals surface area contributed by atoms with Crippen LogP contribution in [0.2, 0.25) is 0 Å². The predicted molar refractivity (Wildman–Crippen MR) is 104 cm³/mol. The van der Waals surface area contributed by atoms with Crippen LogP contribution >= 0.6 is 0 Å². The Labute approximate surface area is 155 Å². The van der Waals surface area contributed by atoms with Crippen LogP contribution < -0.4 is 4.90 Å². The fourth-order valence-corrected chi connectivity index (χ4v) is 3.86. The number of para-hydroxylation sites is 1. The van der Waals surface area contributed by atoms with Gasteiger partial charge in [0, 0.05) is 44.1 Å². The molecule has 3 rings (SSSR count). The minimum absolute atomic E-state index is 0.0679. The van der Waals surface area contributed by atoms with Gasteiger partial charge in [-0.3, -0.25) is 14.6 Å². The first-order chi connectivity index (χ1) is 12.6. The van der Waals surface area contributed by atoms with Crippen LogP contribution in [0.25, 0.3) is 10.9 Å². The Hall–Kier alpha value is -2.43. The number of likely N-dealkylation sites (tertiary alicyclic amines) is 1. The Kier molecular flexibility index (Phi) is 5.86. The van der Waals surface area contributed by atoms with Crippen LogP contribution in [0.1, 0.15) is 46.0 Å². The summed E-state index contributed by atoms with van der Waals surface area (Å²) in [7, 11) is 0. The van der Waals surface area contributed by atoms with Crippen molar-refractivity contribution in [2.45, 2.75) is 52.0 Å². The zero-order chi connectivity index (χ0) is 18.5. The summed E-state index contributed by atoms with van der Waals surface area (Å²) >= 11 is 0. The predicted octanol–water partition coefficient (Wildman–Crippen LogP) is 3.77. The summed E-state index contributed by atoms with van der Waals surface area (Å²) in [6.45, 7) is 4.91. The first kappa shape index (κ1) is 18.4. The molecule has 0 bridgehead atoms. The van der Waals surface area contributed by atoms with E-state index in [1.807, 2.05) is 35.2 Å². The largest absolute Gasteiger partial charge is 0.340 e. The lowest BCUT2D eigenvalue weighted by Crippen LogP contribution is -2.44. The molecule has 2 heterocycles. The van der Waals surface area contributed by atoms with E-state index in [4.69, 9.17) is 0 Å². The molecule has 1 aromatic carbocycles. The Morgan fingerprint density at radius 1 is 1.23 bits per heavy atom. The number of nitrogens with zero attached hydrogens (tertiary/aromatic N) is 3. The highest BCUT2D eigenvalue weighted by molar-refractivity contribution is 6.01. The van der Waals surface area contributed by atoms with Gasteiger partial charge in [0.05, 0.1) is 11.2 Å². The second kappa shape index (κ2) is 8.30. The lowest BCUT2D eigenvalue weighted by atomic mass is 9.99. The van der Waals surface area contributed by atoms with Crippen LogP contribution in [0, 0.1) is 0 Å². The van der Waals surface area contributed by atoms with Crippen molar-refractivity contribution >= 4 is 28.4 Å². The van der Waals surface area contributed by atoms with Gasteiger partial charge in [-0.15, -0.1) is 0 Å². The molecule has 0 aliphatic carbocycles. The number of aromatic nitrogens is 1. The van der Waals surface area contributed by atoms with Crippen molar-refractivity contribution < 1.29 is 9.59 Å². The zero-order valence-corrected chi connectivity index (χ0v) is 15.6. The SMILES string of the molecule is CCC1CCCCN1C(=O)CCN(C(C)=O)c1cccc2cccnc12. The van der Waals surface area contributed by atoms with Crippen molar-refractivity contribution in [3.05, 3.63) is 36.5 Å². The number of hydrogen-bond donors (Lipinski definition) is 0. The summed E-state index contributed by atoms with van der Waals surface area (Å²) in [6, 6.07) is 10.0. The van der Waals surface area contributed by atoms with Crippen LogP contribution in [0.15, 0.2) is 36.5 Å². The van der Waals surface area contributed by atoms with Crippen molar-refractivity contribution in [1.29, 1.82) is 0 Å². The second-order valence-electron chi connectivity index (χ2n) is 6.92. The number of amides is 2. The molecule has 5 nitrogen and oxygen atoms in total. The van der Waals surface area contributed by atoms with Crippen LogP contribution in [0.5, 0.6) is 0 Å². The molecule has 1 unspecified atom stereocenters. The summed E-state index contributed by atoms with van der Waals surface area (Å²) < 4.78 is 0. The van der Waals surface area contributed by atoms with Gasteiger partial charge in [0.15, 0.2) is 0 Å². The minimum Gasteiger partial charge on any atom is -0.340 e. The number of carbonyl (C=O) groups excluding carboxylic acids is 2. The standard InChI is InChI=1S/C21H27N3O2/c1-3-18-10-4-5-14-24(18)20(26)12-15-23(16(2)25)19-11-6-8-17-9-7-13-22-21(17)19/h6-9,11,13,18H,3-5,10,12,14-15H2,1-2H3. The molecule has 5 heteroatoms. The first-order valence-electron chi connectivity index (χ1n) is 9.53. The third kappa shape index (κ3) is 3.87. The topological polar surface area (TPSA) is 53.5 Å². The quantitative estimate of drug-likeness (QED) is 0.822. The van der Waals surface area contributed by atoms with Gasteiger partial charge in [-0.05, 0) is 37.8 Å². The third-order valence-electron chi connectivity index (χ3n) is 5.25. The Bertz CT molecular complexity index is 784. The molecule has 138 valence electrons. The fraction of sp³-hybridized carbons (Fsp3) is 0.476. The molecule has 1 aliphatic heterocycles. The molecule has 0 N–H and O–H groups in total. The van der Waals surface area contributed by atoms with Gasteiger partial charge in [-0.2, -0.15) is 0 Å². The van der Waals surface area contributed by atoms with Crippen molar-refractivity contribution in [2.75, 3.05) is 18.0 Å². The molecule has 1 saturated heterocycles. The summed E-state index contributed by atoms with van der Waals surface area (Å²) in [5, 5.41) is 0.990. The van der Waals surface area contributed by atoms with Crippen LogP contribution in [0.4, 0.5) is 5.69 Å². The van der Waals surface area contributed by atoms with E-state index in [-0.39, 0.29) is 11.8 Å². The summed E-state index contributed by atoms with van der Waals surface area (Å²) in [6.07, 6.45) is 6.44. The number of pyridine rings is 1. The molecule has 2 amide bonds. The summed E-state index contributed by atoms with van der Waals surface area (Å²) in [5.41, 5.74) is 1.57. The minimum atomic E-state index is -0.0679. The molecule has 2 aromatic rings. The maximum Gasteiger partial charge on any atom is 0.224 e. The molecule has 0 radical (unpaired) electrons. The fourth-order valence-electron chi connectivity index (χ4n) is 3.86. The van der Waals surface area contributed by atoms with Gasteiger partial charge in [0.1, 0.15) is 0 Å². The van der Waals surface area contributed by atoms with Crippen LogP contribution in [-0.4, -0.2) is 40.8 Å². The lowest BCUT2D eigenvalue weighted by Gasteiger charge is -2.36. The molecule has 26 heavy (non-hydrogen) atoms. The van der Waals surface area contributed by atoms with Crippen molar-refractivity contribution in [1.82, 2.24) is 9.88 Å². The van der Waals surface area contributed by atoms with Gasteiger partial charge < -0.3 is 9.80 Å². The van der Waals surface area contributed by atoms with E-state index in [1.165, 1.54) is 6.42 Å². The number of fused-ring (bicyclic) bond motifs is 1. The first-order valence-corrected chi connectivity index (χ1v) is 9.53. The molecule has 1 aliphatic rings. The Morgan fingerprint density at radius 3 is 2.81 bits per heavy atom. The molecular formula is C21H27N3O2. The maximum atomic E-state index is 12.8. The summed E-state index contributed by atoms with van der Waals surface area (Å²) in [4.78, 5) is 33.2. The van der Waals surface area contributed by atoms with Crippen LogP contribution in [0.3, 0.4) is 0 Å². The Morgan fingerprint density at radius 2 is 2.04 bits per heavy atom. The van der Waals surface area contributed by atoms with Crippen LogP contribution in [-0.2, 0) is 9.59 Å². The lowest BCUT2D eigenvalue weighted by molar-refractivity contribution is -0.134. The van der Waals surface area contributed by atoms with Gasteiger partial charge >= 0.3 is 0 Å².